The van der Waals surface area contributed by atoms with Crippen molar-refractivity contribution in [1.82, 2.24) is 5.32 Å². The fourth-order valence-electron chi connectivity index (χ4n) is 3.75. The number of hydrogen-bond donors (Lipinski definition) is 1. The number of halogens is 2. The van der Waals surface area contributed by atoms with Crippen molar-refractivity contribution in [2.45, 2.75) is 44.1 Å². The topological polar surface area (TPSA) is 55.4 Å². The minimum absolute atomic E-state index is 0.0962. The van der Waals surface area contributed by atoms with Gasteiger partial charge < -0.3 is 10.1 Å². The monoisotopic (exact) mass is 419 g/mol. The maximum Gasteiger partial charge on any atom is 0.331 e. The average Bonchev–Trinajstić information content (AvgIpc) is 2.70. The van der Waals surface area contributed by atoms with E-state index in [0.717, 1.165) is 30.4 Å². The van der Waals surface area contributed by atoms with E-state index in [2.05, 4.69) is 5.32 Å². The number of hydrogen-bond acceptors (Lipinski definition) is 3. The highest BCUT2D eigenvalue weighted by atomic mass is 35.5. The van der Waals surface area contributed by atoms with E-state index >= 15 is 0 Å². The molecule has 1 fully saturated rings. The highest BCUT2D eigenvalue weighted by Gasteiger charge is 2.41. The summed E-state index contributed by atoms with van der Waals surface area (Å²) >= 11 is 12.3. The highest BCUT2D eigenvalue weighted by molar-refractivity contribution is 6.31. The second-order valence-electron chi connectivity index (χ2n) is 7.17. The Morgan fingerprint density at radius 2 is 1.64 bits per heavy atom. The molecule has 28 heavy (non-hydrogen) atoms. The van der Waals surface area contributed by atoms with Gasteiger partial charge in [0.05, 0.1) is 13.5 Å². The van der Waals surface area contributed by atoms with Crippen LogP contribution >= 0.6 is 23.2 Å². The summed E-state index contributed by atoms with van der Waals surface area (Å²) in [5.74, 6) is -0.607. The number of carbonyl (C=O) groups is 2. The van der Waals surface area contributed by atoms with Crippen LogP contribution in [0, 0.1) is 0 Å². The molecule has 1 N–H and O–H groups in total. The molecule has 0 spiro atoms. The lowest BCUT2D eigenvalue weighted by atomic mass is 9.81. The van der Waals surface area contributed by atoms with Crippen LogP contribution in [-0.4, -0.2) is 24.5 Å². The van der Waals surface area contributed by atoms with Crippen LogP contribution in [-0.2, 0) is 20.7 Å². The molecular weight excluding hydrogens is 397 g/mol. The smallest absolute Gasteiger partial charge is 0.331 e. The Morgan fingerprint density at radius 3 is 2.29 bits per heavy atom. The van der Waals surface area contributed by atoms with Gasteiger partial charge in [-0.3, -0.25) is 4.79 Å². The second kappa shape index (κ2) is 8.97. The Hall–Kier alpha value is -2.04. The van der Waals surface area contributed by atoms with Gasteiger partial charge in [0.15, 0.2) is 0 Å². The molecule has 4 nitrogen and oxygen atoms in total. The van der Waals surface area contributed by atoms with Crippen molar-refractivity contribution in [2.75, 3.05) is 7.11 Å². The fraction of sp³-hybridized carbons (Fsp3) is 0.364. The van der Waals surface area contributed by atoms with E-state index in [4.69, 9.17) is 27.9 Å². The van der Waals surface area contributed by atoms with Crippen LogP contribution in [0.3, 0.4) is 0 Å². The zero-order chi connectivity index (χ0) is 20.1. The minimum atomic E-state index is -0.926. The van der Waals surface area contributed by atoms with Gasteiger partial charge in [-0.1, -0.05) is 60.7 Å². The first kappa shape index (κ1) is 20.7. The maximum absolute atomic E-state index is 12.8. The highest BCUT2D eigenvalue weighted by Crippen LogP contribution is 2.30. The van der Waals surface area contributed by atoms with Gasteiger partial charge in [0.25, 0.3) is 0 Å². The van der Waals surface area contributed by atoms with Crippen molar-refractivity contribution in [3.8, 4) is 11.1 Å². The van der Waals surface area contributed by atoms with Crippen molar-refractivity contribution in [1.29, 1.82) is 0 Å². The Balaban J connectivity index is 1.78. The third-order valence-electron chi connectivity index (χ3n) is 5.24. The summed E-state index contributed by atoms with van der Waals surface area (Å²) in [4.78, 5) is 25.1. The zero-order valence-electron chi connectivity index (χ0n) is 15.8. The molecule has 0 saturated heterocycles. The summed E-state index contributed by atoms with van der Waals surface area (Å²) in [5.41, 5.74) is 1.72. The first-order chi connectivity index (χ1) is 13.4. The molecule has 1 aliphatic rings. The van der Waals surface area contributed by atoms with Crippen molar-refractivity contribution < 1.29 is 14.3 Å². The van der Waals surface area contributed by atoms with Crippen LogP contribution in [0.25, 0.3) is 11.1 Å². The fourth-order valence-corrected chi connectivity index (χ4v) is 4.06. The van der Waals surface area contributed by atoms with Crippen LogP contribution in [0.1, 0.15) is 37.7 Å². The number of carbonyl (C=O) groups excluding carboxylic acids is 2. The maximum atomic E-state index is 12.8. The molecule has 148 valence electrons. The summed E-state index contributed by atoms with van der Waals surface area (Å²) in [5, 5.41) is 4.12. The summed E-state index contributed by atoms with van der Waals surface area (Å²) in [6.45, 7) is 0. The summed E-state index contributed by atoms with van der Waals surface area (Å²) in [7, 11) is 1.36. The Labute approximate surface area is 175 Å². The summed E-state index contributed by atoms with van der Waals surface area (Å²) in [6, 6.07) is 13.1. The molecule has 3 rings (SSSR count). The predicted molar refractivity (Wildman–Crippen MR) is 112 cm³/mol. The van der Waals surface area contributed by atoms with Gasteiger partial charge >= 0.3 is 5.97 Å². The largest absolute Gasteiger partial charge is 0.467 e. The van der Waals surface area contributed by atoms with Gasteiger partial charge in [0.1, 0.15) is 5.54 Å². The molecule has 0 unspecified atom stereocenters. The SMILES string of the molecule is COC(=O)C1(NC(=O)Cc2cc(-c3ccc(Cl)cc3)ccc2Cl)CCCCC1. The van der Waals surface area contributed by atoms with E-state index in [1.54, 1.807) is 6.07 Å². The number of methoxy groups -OCH3 is 1. The first-order valence-electron chi connectivity index (χ1n) is 9.37. The summed E-state index contributed by atoms with van der Waals surface area (Å²) in [6.07, 6.45) is 4.14. The molecule has 6 heteroatoms. The molecule has 0 aliphatic heterocycles. The molecular formula is C22H23Cl2NO3. The van der Waals surface area contributed by atoms with Crippen LogP contribution < -0.4 is 5.32 Å². The molecule has 1 amide bonds. The van der Waals surface area contributed by atoms with Crippen LogP contribution in [0.15, 0.2) is 42.5 Å². The van der Waals surface area contributed by atoms with E-state index in [-0.39, 0.29) is 18.3 Å². The molecule has 1 aliphatic carbocycles. The van der Waals surface area contributed by atoms with Gasteiger partial charge in [0, 0.05) is 10.0 Å². The molecule has 2 aromatic rings. The molecule has 0 bridgehead atoms. The quantitative estimate of drug-likeness (QED) is 0.677. The molecule has 2 aromatic carbocycles. The lowest BCUT2D eigenvalue weighted by molar-refractivity contribution is -0.152. The van der Waals surface area contributed by atoms with Crippen LogP contribution in [0.2, 0.25) is 10.0 Å². The second-order valence-corrected chi connectivity index (χ2v) is 8.02. The Morgan fingerprint density at radius 1 is 1.00 bits per heavy atom. The van der Waals surface area contributed by atoms with Gasteiger partial charge in [-0.2, -0.15) is 0 Å². The average molecular weight is 420 g/mol. The minimum Gasteiger partial charge on any atom is -0.467 e. The number of amides is 1. The van der Waals surface area contributed by atoms with E-state index in [1.807, 2.05) is 36.4 Å². The number of rotatable bonds is 5. The van der Waals surface area contributed by atoms with Gasteiger partial charge in [0.2, 0.25) is 5.91 Å². The molecule has 1 saturated carbocycles. The van der Waals surface area contributed by atoms with Gasteiger partial charge in [-0.15, -0.1) is 0 Å². The van der Waals surface area contributed by atoms with Crippen molar-refractivity contribution in [3.63, 3.8) is 0 Å². The van der Waals surface area contributed by atoms with Gasteiger partial charge in [-0.25, -0.2) is 4.79 Å². The lowest BCUT2D eigenvalue weighted by Gasteiger charge is -2.35. The van der Waals surface area contributed by atoms with Crippen LogP contribution in [0.5, 0.6) is 0 Å². The Kier molecular flexibility index (Phi) is 6.63. The third-order valence-corrected chi connectivity index (χ3v) is 5.86. The first-order valence-corrected chi connectivity index (χ1v) is 10.1. The predicted octanol–water partition coefficient (Wildman–Crippen LogP) is 5.20. The van der Waals surface area contributed by atoms with Crippen molar-refractivity contribution in [3.05, 3.63) is 58.1 Å². The number of esters is 1. The van der Waals surface area contributed by atoms with Gasteiger partial charge in [-0.05, 0) is 53.8 Å². The molecule has 0 atom stereocenters. The normalized spacial score (nSPS) is 15.7. The van der Waals surface area contributed by atoms with Crippen LogP contribution in [0.4, 0.5) is 0 Å². The van der Waals surface area contributed by atoms with Crippen molar-refractivity contribution in [2.24, 2.45) is 0 Å². The molecule has 0 aromatic heterocycles. The third kappa shape index (κ3) is 4.68. The van der Waals surface area contributed by atoms with Crippen molar-refractivity contribution >= 4 is 35.1 Å². The number of nitrogens with one attached hydrogen (secondary N) is 1. The van der Waals surface area contributed by atoms with E-state index in [9.17, 15) is 9.59 Å². The number of ether oxygens (including phenoxy) is 1. The standard InChI is InChI=1S/C22H23Cl2NO3/c1-28-21(27)22(11-3-2-4-12-22)25-20(26)14-17-13-16(7-10-19(17)24)15-5-8-18(23)9-6-15/h5-10,13H,2-4,11-12,14H2,1H3,(H,25,26). The van der Waals surface area contributed by atoms with E-state index < -0.39 is 5.54 Å². The van der Waals surface area contributed by atoms with E-state index in [0.29, 0.717) is 28.5 Å². The molecule has 0 heterocycles. The summed E-state index contributed by atoms with van der Waals surface area (Å²) < 4.78 is 4.96. The van der Waals surface area contributed by atoms with E-state index in [1.165, 1.54) is 7.11 Å². The zero-order valence-corrected chi connectivity index (χ0v) is 17.3. The molecule has 0 radical (unpaired) electrons. The Bertz CT molecular complexity index is 859. The number of benzene rings is 2. The lowest BCUT2D eigenvalue weighted by Crippen LogP contribution is -2.56.